The molecule has 10 nitrogen and oxygen atoms in total. The summed E-state index contributed by atoms with van der Waals surface area (Å²) < 4.78 is 0. The molecule has 5 heterocycles. The third kappa shape index (κ3) is 5.50. The summed E-state index contributed by atoms with van der Waals surface area (Å²) in [4.78, 5) is 39.9. The molecule has 228 valence electrons. The van der Waals surface area contributed by atoms with Crippen molar-refractivity contribution in [2.45, 2.75) is 67.2 Å². The van der Waals surface area contributed by atoms with Gasteiger partial charge in [0.1, 0.15) is 11.5 Å². The van der Waals surface area contributed by atoms with E-state index < -0.39 is 11.9 Å². The van der Waals surface area contributed by atoms with E-state index in [1.165, 1.54) is 0 Å². The van der Waals surface area contributed by atoms with Gasteiger partial charge in [-0.1, -0.05) is 0 Å². The highest BCUT2D eigenvalue weighted by atomic mass is 16.4. The van der Waals surface area contributed by atoms with Crippen LogP contribution in [0.1, 0.15) is 87.3 Å². The number of hydrogen-bond donors (Lipinski definition) is 6. The lowest BCUT2D eigenvalue weighted by atomic mass is 9.98. The fraction of sp³-hybridized carbons (Fsp3) is 0.294. The normalized spacial score (nSPS) is 14.7. The molecule has 0 radical (unpaired) electrons. The van der Waals surface area contributed by atoms with Gasteiger partial charge in [-0.2, -0.15) is 0 Å². The summed E-state index contributed by atoms with van der Waals surface area (Å²) >= 11 is 0. The Morgan fingerprint density at radius 1 is 0.636 bits per heavy atom. The van der Waals surface area contributed by atoms with Crippen molar-refractivity contribution in [2.75, 3.05) is 0 Å². The second-order valence-corrected chi connectivity index (χ2v) is 11.5. The minimum atomic E-state index is -0.948. The van der Waals surface area contributed by atoms with Crippen LogP contribution in [0.4, 0.5) is 0 Å². The van der Waals surface area contributed by atoms with Crippen LogP contribution in [0.3, 0.4) is 0 Å². The molecular weight excluding hydrogens is 560 g/mol. The highest BCUT2D eigenvalue weighted by Crippen LogP contribution is 2.36. The predicted molar refractivity (Wildman–Crippen MR) is 172 cm³/mol. The van der Waals surface area contributed by atoms with Crippen LogP contribution in [0.5, 0.6) is 0 Å². The summed E-state index contributed by atoms with van der Waals surface area (Å²) in [5, 5.41) is 41.9. The van der Waals surface area contributed by atoms with Gasteiger partial charge in [-0.05, 0) is 112 Å². The highest BCUT2D eigenvalue weighted by Gasteiger charge is 2.23. The van der Waals surface area contributed by atoms with Crippen LogP contribution in [0, 0.1) is 13.8 Å². The number of nitrogens with one attached hydrogen (secondary N) is 2. The largest absolute Gasteiger partial charge is 0.512 e. The van der Waals surface area contributed by atoms with Crippen molar-refractivity contribution in [2.24, 2.45) is 0 Å². The van der Waals surface area contributed by atoms with Crippen LogP contribution in [-0.4, -0.2) is 52.3 Å². The Morgan fingerprint density at radius 2 is 1.18 bits per heavy atom. The molecule has 0 unspecified atom stereocenters. The molecule has 3 aromatic rings. The Bertz CT molecular complexity index is 2100. The maximum absolute atomic E-state index is 11.6. The lowest BCUT2D eigenvalue weighted by Gasteiger charge is -2.05. The zero-order chi connectivity index (χ0) is 32.0. The Kier molecular flexibility index (Phi) is 7.94. The number of aromatic nitrogens is 4. The quantitative estimate of drug-likeness (QED) is 0.204. The summed E-state index contributed by atoms with van der Waals surface area (Å²) in [5.41, 5.74) is 9.74. The molecule has 0 spiro atoms. The first-order valence-electron chi connectivity index (χ1n) is 14.4. The Labute approximate surface area is 253 Å². The number of carboxylic acids is 2. The van der Waals surface area contributed by atoms with Gasteiger partial charge in [0.2, 0.25) is 0 Å². The van der Waals surface area contributed by atoms with Gasteiger partial charge >= 0.3 is 11.9 Å². The van der Waals surface area contributed by atoms with Gasteiger partial charge in [0.15, 0.2) is 0 Å². The van der Waals surface area contributed by atoms with E-state index in [2.05, 4.69) is 9.97 Å². The van der Waals surface area contributed by atoms with Crippen LogP contribution >= 0.6 is 0 Å². The first-order chi connectivity index (χ1) is 20.8. The van der Waals surface area contributed by atoms with E-state index >= 15 is 0 Å². The average molecular weight is 597 g/mol. The molecule has 2 aliphatic heterocycles. The van der Waals surface area contributed by atoms with Crippen LogP contribution in [0.2, 0.25) is 0 Å². The van der Waals surface area contributed by atoms with Crippen molar-refractivity contribution >= 4 is 67.8 Å². The Hall–Kier alpha value is -5.12. The van der Waals surface area contributed by atoms with Crippen molar-refractivity contribution in [3.05, 3.63) is 68.6 Å². The lowest BCUT2D eigenvalue weighted by Crippen LogP contribution is -2.12. The van der Waals surface area contributed by atoms with Gasteiger partial charge in [-0.15, -0.1) is 0 Å². The number of rotatable bonds is 6. The van der Waals surface area contributed by atoms with Crippen LogP contribution in [0.15, 0.2) is 24.3 Å². The minimum absolute atomic E-state index is 0.0152. The summed E-state index contributed by atoms with van der Waals surface area (Å²) in [5.74, 6) is -1.76. The lowest BCUT2D eigenvalue weighted by molar-refractivity contribution is -0.137. The Balaban J connectivity index is 2.04. The molecule has 5 rings (SSSR count). The third-order valence-corrected chi connectivity index (χ3v) is 8.29. The van der Waals surface area contributed by atoms with Gasteiger partial charge in [-0.25, -0.2) is 9.97 Å². The van der Waals surface area contributed by atoms with E-state index in [1.54, 1.807) is 19.9 Å². The third-order valence-electron chi connectivity index (χ3n) is 8.29. The van der Waals surface area contributed by atoms with Crippen molar-refractivity contribution in [3.63, 3.8) is 0 Å². The minimum Gasteiger partial charge on any atom is -0.512 e. The highest BCUT2D eigenvalue weighted by molar-refractivity contribution is 5.96. The molecule has 3 aromatic heterocycles. The molecule has 0 saturated carbocycles. The van der Waals surface area contributed by atoms with E-state index in [-0.39, 0.29) is 37.2 Å². The second-order valence-electron chi connectivity index (χ2n) is 11.5. The number of aromatic amines is 2. The monoisotopic (exact) mass is 596 g/mol. The van der Waals surface area contributed by atoms with Gasteiger partial charge in [0.25, 0.3) is 0 Å². The van der Waals surface area contributed by atoms with Gasteiger partial charge < -0.3 is 30.4 Å². The van der Waals surface area contributed by atoms with Gasteiger partial charge in [-0.3, -0.25) is 9.59 Å². The van der Waals surface area contributed by atoms with E-state index in [0.29, 0.717) is 55.3 Å². The number of hydrogen-bond acceptors (Lipinski definition) is 6. The predicted octanol–water partition coefficient (Wildman–Crippen LogP) is 5.89. The molecule has 8 bridgehead atoms. The fourth-order valence-electron chi connectivity index (χ4n) is 6.03. The fourth-order valence-corrected chi connectivity index (χ4v) is 6.03. The smallest absolute Gasteiger partial charge is 0.303 e. The number of carboxylic acid groups (broad SMARTS) is 2. The van der Waals surface area contributed by atoms with E-state index in [0.717, 1.165) is 33.4 Å². The number of fused-ring (bicyclic) bond motifs is 8. The molecule has 0 atom stereocenters. The van der Waals surface area contributed by atoms with Crippen molar-refractivity contribution in [3.8, 4) is 0 Å². The molecule has 0 amide bonds. The first-order valence-corrected chi connectivity index (χ1v) is 14.4. The number of carbonyl (C=O) groups is 2. The molecule has 44 heavy (non-hydrogen) atoms. The molecule has 0 aliphatic carbocycles. The SMILES string of the molecule is CC1=C(CCC(=O)O)c2cc3nc(c(=C(C)O)c4cc(C)c([nH]4)c(=C(C)O)c4cc(C)c(cc1n2)[nH]4)C(C)=C3CCC(=O)O. The van der Waals surface area contributed by atoms with Gasteiger partial charge in [0.05, 0.1) is 49.8 Å². The summed E-state index contributed by atoms with van der Waals surface area (Å²) in [6.45, 7) is 10.8. The zero-order valence-corrected chi connectivity index (χ0v) is 25.6. The van der Waals surface area contributed by atoms with Crippen LogP contribution in [0.25, 0.3) is 55.9 Å². The van der Waals surface area contributed by atoms with E-state index in [4.69, 9.17) is 9.97 Å². The number of allylic oxidation sites excluding steroid dienone is 4. The van der Waals surface area contributed by atoms with Gasteiger partial charge in [0, 0.05) is 18.4 Å². The maximum Gasteiger partial charge on any atom is 0.303 e. The molecule has 0 fully saturated rings. The van der Waals surface area contributed by atoms with E-state index in [9.17, 15) is 30.0 Å². The van der Waals surface area contributed by atoms with Crippen molar-refractivity contribution in [1.29, 1.82) is 0 Å². The Morgan fingerprint density at radius 3 is 1.77 bits per heavy atom. The summed E-state index contributed by atoms with van der Waals surface area (Å²) in [6.07, 6.45) is 0.252. The first kappa shape index (κ1) is 30.3. The number of aliphatic carboxylic acids is 2. The molecule has 0 aromatic carbocycles. The van der Waals surface area contributed by atoms with Crippen LogP contribution < -0.4 is 10.4 Å². The number of aliphatic hydroxyl groups excluding tert-OH is 2. The molecular formula is C34H36N4O6. The summed E-state index contributed by atoms with van der Waals surface area (Å²) in [7, 11) is 0. The number of aliphatic hydroxyl groups is 2. The topological polar surface area (TPSA) is 172 Å². The molecule has 6 N–H and O–H groups in total. The standard InChI is InChI=1S/C34H36N4O6/c1-15-11-27-31(19(5)39)33-16(2)12-28(38-33)32(20(6)40)34-18(4)22(8-10-30(43)44)26(37-34)14-25-21(7-9-29(41)42)17(3)24(36-25)13-23(15)35-27/h11-14,35,38-40H,7-10H2,1-6H3,(H,41,42)(H,43,44). The molecule has 0 saturated heterocycles. The maximum atomic E-state index is 11.6. The number of nitrogens with zero attached hydrogens (tertiary/aromatic N) is 2. The van der Waals surface area contributed by atoms with Crippen LogP contribution in [-0.2, 0) is 9.59 Å². The van der Waals surface area contributed by atoms with Crippen molar-refractivity contribution in [1.82, 2.24) is 19.9 Å². The second kappa shape index (κ2) is 11.5. The number of H-pyrrole nitrogens is 2. The van der Waals surface area contributed by atoms with Crippen molar-refractivity contribution < 1.29 is 30.0 Å². The molecule has 2 aliphatic rings. The number of aryl methyl sites for hydroxylation is 2. The summed E-state index contributed by atoms with van der Waals surface area (Å²) in [6, 6.07) is 7.54. The zero-order valence-electron chi connectivity index (χ0n) is 25.6. The van der Waals surface area contributed by atoms with E-state index in [1.807, 2.05) is 45.9 Å². The molecule has 10 heteroatoms. The average Bonchev–Trinajstić information content (AvgIpc) is 3.63.